The van der Waals surface area contributed by atoms with Crippen molar-refractivity contribution in [2.75, 3.05) is 20.1 Å². The first-order chi connectivity index (χ1) is 11.6. The Balaban J connectivity index is 1.64. The summed E-state index contributed by atoms with van der Waals surface area (Å²) in [4.78, 5) is 14.9. The van der Waals surface area contributed by atoms with E-state index in [1.54, 1.807) is 9.25 Å². The number of likely N-dealkylation sites (N-methyl/N-ethyl adjacent to an activating group) is 1. The number of likely N-dealkylation sites (tertiary alicyclic amines) is 1. The van der Waals surface area contributed by atoms with Crippen molar-refractivity contribution >= 4 is 10.9 Å². The number of hydrogen-bond acceptors (Lipinski definition) is 4. The molecule has 3 aromatic rings. The summed E-state index contributed by atoms with van der Waals surface area (Å²) >= 11 is 0. The predicted molar refractivity (Wildman–Crippen MR) is 93.2 cm³/mol. The standard InChI is InChI=1S/C18H21N5O/c1-21-8-7-14(10-21)16-12-23(20-19-16)11-15-9-13-5-3-4-6-17(13)22(2)18(15)24/h3-6,9,12,14H,7-8,10-11H2,1-2H3. The summed E-state index contributed by atoms with van der Waals surface area (Å²) in [5.74, 6) is 0.447. The molecule has 0 spiro atoms. The Morgan fingerprint density at radius 1 is 1.25 bits per heavy atom. The fourth-order valence-corrected chi connectivity index (χ4v) is 3.53. The molecule has 6 nitrogen and oxygen atoms in total. The summed E-state index contributed by atoms with van der Waals surface area (Å²) in [7, 11) is 3.94. The monoisotopic (exact) mass is 323 g/mol. The molecule has 0 saturated carbocycles. The molecule has 0 bridgehead atoms. The van der Waals surface area contributed by atoms with Crippen molar-refractivity contribution in [2.24, 2.45) is 7.05 Å². The molecule has 6 heteroatoms. The fourth-order valence-electron chi connectivity index (χ4n) is 3.53. The quantitative estimate of drug-likeness (QED) is 0.735. The van der Waals surface area contributed by atoms with Crippen LogP contribution in [0.4, 0.5) is 0 Å². The van der Waals surface area contributed by atoms with E-state index < -0.39 is 0 Å². The second kappa shape index (κ2) is 5.87. The number of nitrogens with zero attached hydrogens (tertiary/aromatic N) is 5. The van der Waals surface area contributed by atoms with E-state index in [2.05, 4.69) is 22.3 Å². The van der Waals surface area contributed by atoms with Crippen molar-refractivity contribution in [1.82, 2.24) is 24.5 Å². The number of aromatic nitrogens is 4. The van der Waals surface area contributed by atoms with Crippen LogP contribution < -0.4 is 5.56 Å². The van der Waals surface area contributed by atoms with Crippen molar-refractivity contribution in [3.8, 4) is 0 Å². The molecule has 2 aromatic heterocycles. The minimum absolute atomic E-state index is 0.0198. The van der Waals surface area contributed by atoms with Crippen molar-refractivity contribution in [3.63, 3.8) is 0 Å². The molecule has 4 rings (SSSR count). The van der Waals surface area contributed by atoms with Crippen LogP contribution in [0.25, 0.3) is 10.9 Å². The second-order valence-corrected chi connectivity index (χ2v) is 6.68. The summed E-state index contributed by atoms with van der Waals surface area (Å²) in [6.07, 6.45) is 3.10. The Kier molecular flexibility index (Phi) is 3.69. The highest BCUT2D eigenvalue weighted by Gasteiger charge is 2.23. The Bertz CT molecular complexity index is 942. The maximum Gasteiger partial charge on any atom is 0.255 e. The number of fused-ring (bicyclic) bond motifs is 1. The molecule has 0 radical (unpaired) electrons. The molecule has 3 heterocycles. The molecule has 0 amide bonds. The summed E-state index contributed by atoms with van der Waals surface area (Å²) in [6, 6.07) is 9.89. The highest BCUT2D eigenvalue weighted by atomic mass is 16.1. The van der Waals surface area contributed by atoms with Crippen molar-refractivity contribution in [2.45, 2.75) is 18.9 Å². The summed E-state index contributed by atoms with van der Waals surface area (Å²) in [5, 5.41) is 9.61. The maximum atomic E-state index is 12.6. The first-order valence-electron chi connectivity index (χ1n) is 8.28. The Hall–Kier alpha value is -2.47. The average molecular weight is 323 g/mol. The second-order valence-electron chi connectivity index (χ2n) is 6.68. The van der Waals surface area contributed by atoms with Gasteiger partial charge >= 0.3 is 0 Å². The van der Waals surface area contributed by atoms with Crippen LogP contribution in [-0.2, 0) is 13.6 Å². The van der Waals surface area contributed by atoms with Gasteiger partial charge in [-0.3, -0.25) is 4.79 Å². The smallest absolute Gasteiger partial charge is 0.255 e. The minimum atomic E-state index is 0.0198. The third kappa shape index (κ3) is 2.63. The molecule has 1 atom stereocenters. The number of pyridine rings is 1. The van der Waals surface area contributed by atoms with E-state index in [1.807, 2.05) is 43.6 Å². The van der Waals surface area contributed by atoms with Crippen LogP contribution in [-0.4, -0.2) is 44.6 Å². The molecule has 124 valence electrons. The molecule has 1 fully saturated rings. The highest BCUT2D eigenvalue weighted by Crippen LogP contribution is 2.24. The topological polar surface area (TPSA) is 56.0 Å². The van der Waals surface area contributed by atoms with Gasteiger partial charge in [-0.25, -0.2) is 4.68 Å². The summed E-state index contributed by atoms with van der Waals surface area (Å²) in [5.41, 5.74) is 2.72. The third-order valence-electron chi connectivity index (χ3n) is 4.91. The highest BCUT2D eigenvalue weighted by molar-refractivity contribution is 5.79. The Labute approximate surface area is 140 Å². The van der Waals surface area contributed by atoms with Gasteiger partial charge in [0.1, 0.15) is 0 Å². The van der Waals surface area contributed by atoms with E-state index >= 15 is 0 Å². The normalized spacial score (nSPS) is 18.5. The molecular weight excluding hydrogens is 302 g/mol. The van der Waals surface area contributed by atoms with Gasteiger partial charge in [0.2, 0.25) is 0 Å². The SMILES string of the molecule is CN1CCC(c2cn(Cc3cc4ccccc4n(C)c3=O)nn2)C1. The Morgan fingerprint density at radius 2 is 2.08 bits per heavy atom. The van der Waals surface area contributed by atoms with Crippen LogP contribution in [0.15, 0.2) is 41.3 Å². The zero-order valence-corrected chi connectivity index (χ0v) is 14.0. The molecule has 24 heavy (non-hydrogen) atoms. The van der Waals surface area contributed by atoms with Gasteiger partial charge in [-0.15, -0.1) is 5.10 Å². The molecule has 1 aromatic carbocycles. The van der Waals surface area contributed by atoms with Gasteiger partial charge in [-0.2, -0.15) is 0 Å². The van der Waals surface area contributed by atoms with Crippen LogP contribution in [0.2, 0.25) is 0 Å². The zero-order valence-electron chi connectivity index (χ0n) is 14.0. The lowest BCUT2D eigenvalue weighted by atomic mass is 10.1. The van der Waals surface area contributed by atoms with E-state index in [0.29, 0.717) is 12.5 Å². The minimum Gasteiger partial charge on any atom is -0.311 e. The van der Waals surface area contributed by atoms with Crippen LogP contribution in [0.1, 0.15) is 23.6 Å². The van der Waals surface area contributed by atoms with Gasteiger partial charge in [-0.05, 0) is 37.5 Å². The third-order valence-corrected chi connectivity index (χ3v) is 4.91. The molecule has 1 aliphatic rings. The summed E-state index contributed by atoms with van der Waals surface area (Å²) in [6.45, 7) is 2.58. The van der Waals surface area contributed by atoms with Crippen molar-refractivity contribution in [3.05, 3.63) is 58.1 Å². The first kappa shape index (κ1) is 15.1. The maximum absolute atomic E-state index is 12.6. The van der Waals surface area contributed by atoms with E-state index in [0.717, 1.165) is 41.7 Å². The van der Waals surface area contributed by atoms with Crippen LogP contribution in [0.3, 0.4) is 0 Å². The lowest BCUT2D eigenvalue weighted by Gasteiger charge is -2.08. The number of hydrogen-bond donors (Lipinski definition) is 0. The fraction of sp³-hybridized carbons (Fsp3) is 0.389. The first-order valence-corrected chi connectivity index (χ1v) is 8.28. The Morgan fingerprint density at radius 3 is 2.88 bits per heavy atom. The molecular formula is C18H21N5O. The van der Waals surface area contributed by atoms with E-state index in [4.69, 9.17) is 0 Å². The van der Waals surface area contributed by atoms with Crippen molar-refractivity contribution < 1.29 is 0 Å². The predicted octanol–water partition coefficient (Wildman–Crippen LogP) is 1.60. The number of para-hydroxylation sites is 1. The average Bonchev–Trinajstić information content (AvgIpc) is 3.21. The van der Waals surface area contributed by atoms with E-state index in [-0.39, 0.29) is 5.56 Å². The number of benzene rings is 1. The zero-order chi connectivity index (χ0) is 16.7. The van der Waals surface area contributed by atoms with Gasteiger partial charge < -0.3 is 9.47 Å². The molecule has 0 N–H and O–H groups in total. The van der Waals surface area contributed by atoms with E-state index in [9.17, 15) is 4.79 Å². The molecule has 1 aliphatic heterocycles. The largest absolute Gasteiger partial charge is 0.311 e. The van der Waals surface area contributed by atoms with Crippen LogP contribution in [0, 0.1) is 0 Å². The number of rotatable bonds is 3. The van der Waals surface area contributed by atoms with Gasteiger partial charge in [0, 0.05) is 31.3 Å². The lowest BCUT2D eigenvalue weighted by molar-refractivity contribution is 0.410. The van der Waals surface area contributed by atoms with Crippen LogP contribution >= 0.6 is 0 Å². The molecule has 1 saturated heterocycles. The lowest BCUT2D eigenvalue weighted by Crippen LogP contribution is -2.23. The molecule has 0 aliphatic carbocycles. The van der Waals surface area contributed by atoms with Gasteiger partial charge in [0.15, 0.2) is 0 Å². The van der Waals surface area contributed by atoms with Crippen molar-refractivity contribution in [1.29, 1.82) is 0 Å². The van der Waals surface area contributed by atoms with Gasteiger partial charge in [-0.1, -0.05) is 23.4 Å². The van der Waals surface area contributed by atoms with Gasteiger partial charge in [0.05, 0.1) is 17.8 Å². The number of aryl methyl sites for hydroxylation is 1. The van der Waals surface area contributed by atoms with E-state index in [1.165, 1.54) is 0 Å². The van der Waals surface area contributed by atoms with Gasteiger partial charge in [0.25, 0.3) is 5.56 Å². The molecule has 1 unspecified atom stereocenters. The van der Waals surface area contributed by atoms with Crippen LogP contribution in [0.5, 0.6) is 0 Å². The summed E-state index contributed by atoms with van der Waals surface area (Å²) < 4.78 is 3.48.